The molecule has 1 heterocycles. The minimum absolute atomic E-state index is 0.139. The SMILES string of the molecule is Cc1ncoc1C(=O)NC1CCC1. The first kappa shape index (κ1) is 8.29. The number of aryl methyl sites for hydroxylation is 1. The number of hydrogen-bond donors (Lipinski definition) is 1. The van der Waals surface area contributed by atoms with Crippen molar-refractivity contribution in [2.24, 2.45) is 0 Å². The Bertz CT molecular complexity index is 315. The molecular formula is C9H12N2O2. The number of aromatic nitrogens is 1. The van der Waals surface area contributed by atoms with Crippen LogP contribution < -0.4 is 5.32 Å². The standard InChI is InChI=1S/C9H12N2O2/c1-6-8(13-5-10-6)9(12)11-7-3-2-4-7/h5,7H,2-4H2,1H3,(H,11,12). The summed E-state index contributed by atoms with van der Waals surface area (Å²) in [5.74, 6) is 0.201. The Hall–Kier alpha value is -1.32. The van der Waals surface area contributed by atoms with Crippen LogP contribution >= 0.6 is 0 Å². The second kappa shape index (κ2) is 3.20. The number of rotatable bonds is 2. The highest BCUT2D eigenvalue weighted by molar-refractivity contribution is 5.92. The van der Waals surface area contributed by atoms with E-state index in [0.717, 1.165) is 12.8 Å². The van der Waals surface area contributed by atoms with Crippen LogP contribution in [0.2, 0.25) is 0 Å². The van der Waals surface area contributed by atoms with E-state index in [9.17, 15) is 4.79 Å². The number of carbonyl (C=O) groups is 1. The molecule has 4 nitrogen and oxygen atoms in total. The van der Waals surface area contributed by atoms with Gasteiger partial charge < -0.3 is 9.73 Å². The van der Waals surface area contributed by atoms with Crippen molar-refractivity contribution in [1.29, 1.82) is 0 Å². The van der Waals surface area contributed by atoms with Crippen molar-refractivity contribution in [1.82, 2.24) is 10.3 Å². The van der Waals surface area contributed by atoms with Gasteiger partial charge in [0.25, 0.3) is 5.91 Å². The van der Waals surface area contributed by atoms with E-state index in [1.54, 1.807) is 6.92 Å². The van der Waals surface area contributed by atoms with E-state index in [2.05, 4.69) is 10.3 Å². The van der Waals surface area contributed by atoms with E-state index in [4.69, 9.17) is 4.42 Å². The fraction of sp³-hybridized carbons (Fsp3) is 0.556. The third kappa shape index (κ3) is 1.56. The van der Waals surface area contributed by atoms with Crippen LogP contribution in [-0.4, -0.2) is 16.9 Å². The summed E-state index contributed by atoms with van der Waals surface area (Å²) in [4.78, 5) is 15.3. The summed E-state index contributed by atoms with van der Waals surface area (Å²) in [5, 5.41) is 2.89. The number of amides is 1. The Morgan fingerprint density at radius 1 is 1.69 bits per heavy atom. The van der Waals surface area contributed by atoms with Gasteiger partial charge in [-0.25, -0.2) is 4.98 Å². The Morgan fingerprint density at radius 3 is 2.92 bits per heavy atom. The molecule has 0 bridgehead atoms. The summed E-state index contributed by atoms with van der Waals surface area (Å²) in [6.07, 6.45) is 4.67. The molecule has 70 valence electrons. The van der Waals surface area contributed by atoms with Crippen molar-refractivity contribution in [2.75, 3.05) is 0 Å². The van der Waals surface area contributed by atoms with Crippen molar-refractivity contribution in [3.63, 3.8) is 0 Å². The van der Waals surface area contributed by atoms with E-state index in [0.29, 0.717) is 17.5 Å². The maximum absolute atomic E-state index is 11.5. The van der Waals surface area contributed by atoms with E-state index in [1.165, 1.54) is 12.8 Å². The zero-order chi connectivity index (χ0) is 9.26. The first-order valence-corrected chi connectivity index (χ1v) is 4.48. The predicted octanol–water partition coefficient (Wildman–Crippen LogP) is 1.27. The molecule has 13 heavy (non-hydrogen) atoms. The van der Waals surface area contributed by atoms with Crippen LogP contribution in [0.15, 0.2) is 10.8 Å². The van der Waals surface area contributed by atoms with E-state index in [-0.39, 0.29) is 5.91 Å². The van der Waals surface area contributed by atoms with Crippen molar-refractivity contribution in [3.05, 3.63) is 17.8 Å². The molecule has 1 aliphatic rings. The highest BCUT2D eigenvalue weighted by atomic mass is 16.3. The molecule has 0 saturated heterocycles. The molecule has 0 aromatic carbocycles. The summed E-state index contributed by atoms with van der Waals surface area (Å²) >= 11 is 0. The van der Waals surface area contributed by atoms with E-state index in [1.807, 2.05) is 0 Å². The van der Waals surface area contributed by atoms with Crippen LogP contribution in [0, 0.1) is 6.92 Å². The molecule has 1 N–H and O–H groups in total. The minimum Gasteiger partial charge on any atom is -0.438 e. The fourth-order valence-electron chi connectivity index (χ4n) is 1.32. The predicted molar refractivity (Wildman–Crippen MR) is 46.3 cm³/mol. The summed E-state index contributed by atoms with van der Waals surface area (Å²) in [5.41, 5.74) is 0.650. The number of nitrogens with one attached hydrogen (secondary N) is 1. The Labute approximate surface area is 76.3 Å². The van der Waals surface area contributed by atoms with E-state index >= 15 is 0 Å². The quantitative estimate of drug-likeness (QED) is 0.745. The third-order valence-corrected chi connectivity index (χ3v) is 2.39. The summed E-state index contributed by atoms with van der Waals surface area (Å²) in [6.45, 7) is 1.76. The van der Waals surface area contributed by atoms with Gasteiger partial charge in [-0.15, -0.1) is 0 Å². The summed E-state index contributed by atoms with van der Waals surface area (Å²) < 4.78 is 4.97. The average Bonchev–Trinajstić information content (AvgIpc) is 2.43. The number of carbonyl (C=O) groups excluding carboxylic acids is 1. The summed E-state index contributed by atoms with van der Waals surface area (Å²) in [7, 11) is 0. The molecule has 1 saturated carbocycles. The van der Waals surface area contributed by atoms with Crippen LogP contribution in [0.25, 0.3) is 0 Å². The van der Waals surface area contributed by atoms with Gasteiger partial charge in [-0.05, 0) is 26.2 Å². The van der Waals surface area contributed by atoms with Crippen molar-refractivity contribution >= 4 is 5.91 Å². The monoisotopic (exact) mass is 180 g/mol. The van der Waals surface area contributed by atoms with Gasteiger partial charge in [-0.3, -0.25) is 4.79 Å². The second-order valence-corrected chi connectivity index (χ2v) is 3.37. The minimum atomic E-state index is -0.139. The normalized spacial score (nSPS) is 16.7. The van der Waals surface area contributed by atoms with Crippen LogP contribution in [0.1, 0.15) is 35.5 Å². The Kier molecular flexibility index (Phi) is 2.04. The van der Waals surface area contributed by atoms with Crippen LogP contribution in [0.4, 0.5) is 0 Å². The molecule has 0 spiro atoms. The van der Waals surface area contributed by atoms with Crippen molar-refractivity contribution in [3.8, 4) is 0 Å². The first-order chi connectivity index (χ1) is 6.27. The van der Waals surface area contributed by atoms with Crippen LogP contribution in [0.5, 0.6) is 0 Å². The molecule has 0 atom stereocenters. The lowest BCUT2D eigenvalue weighted by Gasteiger charge is -2.25. The van der Waals surface area contributed by atoms with Gasteiger partial charge in [-0.1, -0.05) is 0 Å². The lowest BCUT2D eigenvalue weighted by molar-refractivity contribution is 0.0888. The molecule has 1 fully saturated rings. The van der Waals surface area contributed by atoms with E-state index < -0.39 is 0 Å². The number of hydrogen-bond acceptors (Lipinski definition) is 3. The van der Waals surface area contributed by atoms with Crippen LogP contribution in [0.3, 0.4) is 0 Å². The Morgan fingerprint density at radius 2 is 2.46 bits per heavy atom. The zero-order valence-corrected chi connectivity index (χ0v) is 7.54. The van der Waals surface area contributed by atoms with Crippen molar-refractivity contribution < 1.29 is 9.21 Å². The molecular weight excluding hydrogens is 168 g/mol. The fourth-order valence-corrected chi connectivity index (χ4v) is 1.32. The summed E-state index contributed by atoms with van der Waals surface area (Å²) in [6, 6.07) is 0.344. The molecule has 1 amide bonds. The van der Waals surface area contributed by atoms with Gasteiger partial charge in [0, 0.05) is 6.04 Å². The van der Waals surface area contributed by atoms with Gasteiger partial charge in [0.2, 0.25) is 5.76 Å². The van der Waals surface area contributed by atoms with Gasteiger partial charge in [0.1, 0.15) is 0 Å². The Balaban J connectivity index is 2.00. The maximum atomic E-state index is 11.5. The first-order valence-electron chi connectivity index (χ1n) is 4.48. The molecule has 1 aliphatic carbocycles. The molecule has 0 aliphatic heterocycles. The van der Waals surface area contributed by atoms with Gasteiger partial charge in [0.15, 0.2) is 6.39 Å². The highest BCUT2D eigenvalue weighted by Crippen LogP contribution is 2.18. The topological polar surface area (TPSA) is 55.1 Å². The second-order valence-electron chi connectivity index (χ2n) is 3.37. The lowest BCUT2D eigenvalue weighted by Crippen LogP contribution is -2.39. The molecule has 0 unspecified atom stereocenters. The van der Waals surface area contributed by atoms with Crippen molar-refractivity contribution in [2.45, 2.75) is 32.2 Å². The number of oxazole rings is 1. The molecule has 1 aromatic heterocycles. The van der Waals surface area contributed by atoms with Crippen LogP contribution in [-0.2, 0) is 0 Å². The lowest BCUT2D eigenvalue weighted by atomic mass is 9.93. The molecule has 0 radical (unpaired) electrons. The smallest absolute Gasteiger partial charge is 0.289 e. The van der Waals surface area contributed by atoms with Gasteiger partial charge in [0.05, 0.1) is 5.69 Å². The average molecular weight is 180 g/mol. The molecule has 4 heteroatoms. The molecule has 1 aromatic rings. The third-order valence-electron chi connectivity index (χ3n) is 2.39. The zero-order valence-electron chi connectivity index (χ0n) is 7.54. The number of nitrogens with zero attached hydrogens (tertiary/aromatic N) is 1. The van der Waals surface area contributed by atoms with Gasteiger partial charge in [-0.2, -0.15) is 0 Å². The largest absolute Gasteiger partial charge is 0.438 e. The van der Waals surface area contributed by atoms with Gasteiger partial charge >= 0.3 is 0 Å². The molecule has 2 rings (SSSR count). The maximum Gasteiger partial charge on any atom is 0.289 e. The highest BCUT2D eigenvalue weighted by Gasteiger charge is 2.22.